The van der Waals surface area contributed by atoms with Gasteiger partial charge in [-0.05, 0) is 44.0 Å². The summed E-state index contributed by atoms with van der Waals surface area (Å²) in [7, 11) is 1.91. The number of hydrogen-bond acceptors (Lipinski definition) is 4. The third-order valence-corrected chi connectivity index (χ3v) is 4.18. The summed E-state index contributed by atoms with van der Waals surface area (Å²) in [6.45, 7) is 5.17. The van der Waals surface area contributed by atoms with Crippen LogP contribution >= 0.6 is 0 Å². The highest BCUT2D eigenvalue weighted by Gasteiger charge is 2.26. The normalized spacial score (nSPS) is 19.0. The fourth-order valence-electron chi connectivity index (χ4n) is 3.08. The van der Waals surface area contributed by atoms with E-state index >= 15 is 0 Å². The molecule has 5 heteroatoms. The quantitative estimate of drug-likeness (QED) is 0.917. The second kappa shape index (κ2) is 6.26. The summed E-state index contributed by atoms with van der Waals surface area (Å²) in [4.78, 5) is 6.86. The van der Waals surface area contributed by atoms with Crippen molar-refractivity contribution >= 4 is 5.82 Å². The second-order valence-electron chi connectivity index (χ2n) is 5.56. The van der Waals surface area contributed by atoms with Gasteiger partial charge in [-0.2, -0.15) is 5.10 Å². The summed E-state index contributed by atoms with van der Waals surface area (Å²) >= 11 is 0. The second-order valence-corrected chi connectivity index (χ2v) is 5.56. The van der Waals surface area contributed by atoms with Crippen molar-refractivity contribution in [2.75, 3.05) is 18.9 Å². The molecule has 0 aliphatic carbocycles. The number of aromatic nitrogens is 3. The van der Waals surface area contributed by atoms with E-state index in [0.29, 0.717) is 6.04 Å². The number of rotatable bonds is 5. The summed E-state index contributed by atoms with van der Waals surface area (Å²) in [6.07, 6.45) is 8.51. The molecular formula is C16H23N5. The molecule has 1 fully saturated rings. The molecule has 2 aromatic heterocycles. The third-order valence-electron chi connectivity index (χ3n) is 4.18. The average Bonchev–Trinajstić information content (AvgIpc) is 3.17. The number of anilines is 1. The smallest absolute Gasteiger partial charge is 0.125 e. The Bertz CT molecular complexity index is 592. The van der Waals surface area contributed by atoms with Gasteiger partial charge >= 0.3 is 0 Å². The molecule has 1 atom stereocenters. The Kier molecular flexibility index (Phi) is 4.20. The molecule has 0 radical (unpaired) electrons. The van der Waals surface area contributed by atoms with E-state index in [1.165, 1.54) is 24.0 Å². The number of hydrogen-bond donors (Lipinski definition) is 1. The number of likely N-dealkylation sites (tertiary alicyclic amines) is 1. The maximum absolute atomic E-state index is 4.37. The van der Waals surface area contributed by atoms with Gasteiger partial charge in [0.25, 0.3) is 0 Å². The van der Waals surface area contributed by atoms with Crippen LogP contribution in [0.5, 0.6) is 0 Å². The fourth-order valence-corrected chi connectivity index (χ4v) is 3.08. The average molecular weight is 285 g/mol. The molecule has 112 valence electrons. The topological polar surface area (TPSA) is 46.0 Å². The van der Waals surface area contributed by atoms with E-state index in [-0.39, 0.29) is 0 Å². The van der Waals surface area contributed by atoms with Gasteiger partial charge in [0, 0.05) is 44.1 Å². The lowest BCUT2D eigenvalue weighted by atomic mass is 10.1. The maximum atomic E-state index is 4.37. The predicted molar refractivity (Wildman–Crippen MR) is 84.1 cm³/mol. The molecule has 1 aliphatic heterocycles. The summed E-state index contributed by atoms with van der Waals surface area (Å²) in [5.74, 6) is 0.943. The molecule has 5 nitrogen and oxygen atoms in total. The zero-order valence-corrected chi connectivity index (χ0v) is 12.8. The Morgan fingerprint density at radius 3 is 3.10 bits per heavy atom. The highest BCUT2D eigenvalue weighted by Crippen LogP contribution is 2.33. The van der Waals surface area contributed by atoms with Crippen molar-refractivity contribution in [3.8, 4) is 0 Å². The zero-order valence-electron chi connectivity index (χ0n) is 12.8. The standard InChI is InChI=1S/C16H23N5/c1-3-21-12-13(10-19-21)11-20-8-4-5-15(20)14-6-7-18-16(9-14)17-2/h6-7,9-10,12,15H,3-5,8,11H2,1-2H3,(H,17,18)/t15-/m0/s1. The molecule has 2 aromatic rings. The summed E-state index contributed by atoms with van der Waals surface area (Å²) in [5.41, 5.74) is 2.65. The highest BCUT2D eigenvalue weighted by atomic mass is 15.3. The van der Waals surface area contributed by atoms with E-state index in [1.54, 1.807) is 0 Å². The van der Waals surface area contributed by atoms with E-state index in [0.717, 1.165) is 25.5 Å². The van der Waals surface area contributed by atoms with Crippen LogP contribution in [0.3, 0.4) is 0 Å². The van der Waals surface area contributed by atoms with Crippen LogP contribution in [0.25, 0.3) is 0 Å². The van der Waals surface area contributed by atoms with E-state index < -0.39 is 0 Å². The first kappa shape index (κ1) is 14.1. The number of aryl methyl sites for hydroxylation is 1. The Hall–Kier alpha value is -1.88. The lowest BCUT2D eigenvalue weighted by molar-refractivity contribution is 0.248. The monoisotopic (exact) mass is 285 g/mol. The maximum Gasteiger partial charge on any atom is 0.125 e. The third kappa shape index (κ3) is 3.08. The van der Waals surface area contributed by atoms with Crippen molar-refractivity contribution in [2.24, 2.45) is 0 Å². The molecular weight excluding hydrogens is 262 g/mol. The van der Waals surface area contributed by atoms with Gasteiger partial charge in [-0.25, -0.2) is 4.98 Å². The van der Waals surface area contributed by atoms with Crippen LogP contribution in [0.15, 0.2) is 30.7 Å². The summed E-state index contributed by atoms with van der Waals surface area (Å²) in [6, 6.07) is 4.79. The SMILES string of the molecule is CCn1cc(CN2CCC[C@H]2c2ccnc(NC)c2)cn1. The Labute approximate surface area is 126 Å². The molecule has 3 heterocycles. The number of pyridine rings is 1. The van der Waals surface area contributed by atoms with E-state index in [9.17, 15) is 0 Å². The van der Waals surface area contributed by atoms with Crippen LogP contribution in [-0.2, 0) is 13.1 Å². The Morgan fingerprint density at radius 1 is 1.43 bits per heavy atom. The summed E-state index contributed by atoms with van der Waals surface area (Å²) < 4.78 is 1.99. The minimum Gasteiger partial charge on any atom is -0.373 e. The van der Waals surface area contributed by atoms with E-state index in [4.69, 9.17) is 0 Å². The number of nitrogens with zero attached hydrogens (tertiary/aromatic N) is 4. The lowest BCUT2D eigenvalue weighted by Crippen LogP contribution is -2.22. The molecule has 21 heavy (non-hydrogen) atoms. The van der Waals surface area contributed by atoms with Gasteiger partial charge in [0.05, 0.1) is 6.20 Å². The molecule has 0 amide bonds. The van der Waals surface area contributed by atoms with Crippen molar-refractivity contribution in [1.82, 2.24) is 19.7 Å². The van der Waals surface area contributed by atoms with Gasteiger partial charge in [-0.3, -0.25) is 9.58 Å². The van der Waals surface area contributed by atoms with Crippen LogP contribution in [0.4, 0.5) is 5.82 Å². The first-order valence-corrected chi connectivity index (χ1v) is 7.69. The van der Waals surface area contributed by atoms with Gasteiger partial charge < -0.3 is 5.32 Å². The van der Waals surface area contributed by atoms with Gasteiger partial charge in [-0.15, -0.1) is 0 Å². The van der Waals surface area contributed by atoms with Crippen LogP contribution < -0.4 is 5.32 Å². The van der Waals surface area contributed by atoms with Gasteiger partial charge in [0.1, 0.15) is 5.82 Å². The molecule has 1 aliphatic rings. The van der Waals surface area contributed by atoms with Crippen molar-refractivity contribution < 1.29 is 0 Å². The lowest BCUT2D eigenvalue weighted by Gasteiger charge is -2.24. The van der Waals surface area contributed by atoms with Crippen molar-refractivity contribution in [3.63, 3.8) is 0 Å². The number of nitrogens with one attached hydrogen (secondary N) is 1. The zero-order chi connectivity index (χ0) is 14.7. The van der Waals surface area contributed by atoms with E-state index in [2.05, 4.69) is 45.6 Å². The molecule has 3 rings (SSSR count). The predicted octanol–water partition coefficient (Wildman–Crippen LogP) is 2.68. The fraction of sp³-hybridized carbons (Fsp3) is 0.500. The molecule has 0 saturated carbocycles. The van der Waals surface area contributed by atoms with Crippen LogP contribution in [0.1, 0.15) is 36.9 Å². The molecule has 0 unspecified atom stereocenters. The van der Waals surface area contributed by atoms with Gasteiger partial charge in [-0.1, -0.05) is 0 Å². The van der Waals surface area contributed by atoms with Crippen LogP contribution in [-0.4, -0.2) is 33.3 Å². The van der Waals surface area contributed by atoms with Crippen molar-refractivity contribution in [2.45, 2.75) is 38.9 Å². The Balaban J connectivity index is 1.75. The highest BCUT2D eigenvalue weighted by molar-refractivity contribution is 5.38. The molecule has 1 N–H and O–H groups in total. The minimum atomic E-state index is 0.491. The van der Waals surface area contributed by atoms with Crippen molar-refractivity contribution in [1.29, 1.82) is 0 Å². The molecule has 0 aromatic carbocycles. The Morgan fingerprint density at radius 2 is 2.33 bits per heavy atom. The molecule has 0 bridgehead atoms. The molecule has 1 saturated heterocycles. The molecule has 0 spiro atoms. The van der Waals surface area contributed by atoms with E-state index in [1.807, 2.05) is 24.1 Å². The minimum absolute atomic E-state index is 0.491. The summed E-state index contributed by atoms with van der Waals surface area (Å²) in [5, 5.41) is 7.50. The van der Waals surface area contributed by atoms with Crippen LogP contribution in [0, 0.1) is 0 Å². The van der Waals surface area contributed by atoms with Crippen LogP contribution in [0.2, 0.25) is 0 Å². The van der Waals surface area contributed by atoms with Crippen molar-refractivity contribution in [3.05, 3.63) is 41.9 Å². The first-order valence-electron chi connectivity index (χ1n) is 7.69. The van der Waals surface area contributed by atoms with Gasteiger partial charge in [0.2, 0.25) is 0 Å². The first-order chi connectivity index (χ1) is 10.3. The largest absolute Gasteiger partial charge is 0.373 e. The van der Waals surface area contributed by atoms with Gasteiger partial charge in [0.15, 0.2) is 0 Å².